The lowest BCUT2D eigenvalue weighted by Gasteiger charge is -2.31. The number of nitrogens with one attached hydrogen (secondary N) is 2. The van der Waals surface area contributed by atoms with Gasteiger partial charge >= 0.3 is 6.03 Å². The molecule has 6 heteroatoms. The number of carbonyl (C=O) groups excluding carboxylic acids is 1. The highest BCUT2D eigenvalue weighted by Gasteiger charge is 2.47. The van der Waals surface area contributed by atoms with Crippen molar-refractivity contribution in [1.29, 1.82) is 0 Å². The van der Waals surface area contributed by atoms with Crippen molar-refractivity contribution in [2.45, 2.75) is 38.3 Å². The highest BCUT2D eigenvalue weighted by atomic mass is 16.5. The van der Waals surface area contributed by atoms with Crippen LogP contribution in [0.3, 0.4) is 0 Å². The molecule has 3 rings (SSSR count). The molecule has 0 aliphatic heterocycles. The number of aliphatic hydroxyl groups excluding tert-OH is 1. The zero-order chi connectivity index (χ0) is 16.4. The van der Waals surface area contributed by atoms with E-state index in [4.69, 9.17) is 9.15 Å². The van der Waals surface area contributed by atoms with E-state index >= 15 is 0 Å². The molecule has 2 bridgehead atoms. The van der Waals surface area contributed by atoms with E-state index in [2.05, 4.69) is 10.6 Å². The van der Waals surface area contributed by atoms with Gasteiger partial charge in [-0.25, -0.2) is 4.79 Å². The molecule has 2 aliphatic carbocycles. The molecule has 0 radical (unpaired) electrons. The van der Waals surface area contributed by atoms with E-state index in [0.717, 1.165) is 18.6 Å². The number of methoxy groups -OCH3 is 1. The van der Waals surface area contributed by atoms with Gasteiger partial charge in [0.1, 0.15) is 17.6 Å². The maximum atomic E-state index is 12.4. The molecule has 0 aromatic carbocycles. The number of rotatable bonds is 6. The monoisotopic (exact) mass is 322 g/mol. The molecule has 2 fully saturated rings. The SMILES string of the molecule is COCC(NC(=O)NC1C2CCC(C2)C1CO)c1ccc(C)o1. The van der Waals surface area contributed by atoms with E-state index in [9.17, 15) is 9.90 Å². The molecule has 6 nitrogen and oxygen atoms in total. The molecule has 0 saturated heterocycles. The first-order valence-corrected chi connectivity index (χ1v) is 8.35. The van der Waals surface area contributed by atoms with Crippen LogP contribution in [0, 0.1) is 24.7 Å². The van der Waals surface area contributed by atoms with Crippen molar-refractivity contribution >= 4 is 6.03 Å². The van der Waals surface area contributed by atoms with Gasteiger partial charge in [0.15, 0.2) is 0 Å². The maximum Gasteiger partial charge on any atom is 0.315 e. The smallest absolute Gasteiger partial charge is 0.315 e. The second-order valence-electron chi connectivity index (χ2n) is 6.78. The van der Waals surface area contributed by atoms with Crippen LogP contribution in [-0.2, 0) is 4.74 Å². The van der Waals surface area contributed by atoms with Gasteiger partial charge in [-0.2, -0.15) is 0 Å². The van der Waals surface area contributed by atoms with Crippen LogP contribution in [0.5, 0.6) is 0 Å². The summed E-state index contributed by atoms with van der Waals surface area (Å²) in [7, 11) is 1.60. The lowest BCUT2D eigenvalue weighted by atomic mass is 9.85. The first kappa shape index (κ1) is 16.3. The number of aryl methyl sites for hydroxylation is 1. The van der Waals surface area contributed by atoms with Gasteiger partial charge < -0.3 is 24.9 Å². The number of ether oxygens (including phenoxy) is 1. The minimum atomic E-state index is -0.320. The Balaban J connectivity index is 1.61. The number of fused-ring (bicyclic) bond motifs is 2. The van der Waals surface area contributed by atoms with E-state index in [1.807, 2.05) is 19.1 Å². The molecule has 1 aromatic heterocycles. The van der Waals surface area contributed by atoms with E-state index in [1.54, 1.807) is 7.11 Å². The maximum absolute atomic E-state index is 12.4. The predicted molar refractivity (Wildman–Crippen MR) is 84.9 cm³/mol. The Bertz CT molecular complexity index is 544. The molecule has 2 aliphatic rings. The van der Waals surface area contributed by atoms with Crippen molar-refractivity contribution in [1.82, 2.24) is 10.6 Å². The Morgan fingerprint density at radius 2 is 2.22 bits per heavy atom. The van der Waals surface area contributed by atoms with Crippen molar-refractivity contribution in [3.63, 3.8) is 0 Å². The van der Waals surface area contributed by atoms with Gasteiger partial charge in [0.25, 0.3) is 0 Å². The van der Waals surface area contributed by atoms with Gasteiger partial charge in [0, 0.05) is 25.7 Å². The van der Waals surface area contributed by atoms with Crippen LogP contribution in [0.15, 0.2) is 16.5 Å². The minimum Gasteiger partial charge on any atom is -0.464 e. The number of urea groups is 1. The van der Waals surface area contributed by atoms with Crippen LogP contribution in [0.4, 0.5) is 4.79 Å². The zero-order valence-electron chi connectivity index (χ0n) is 13.7. The summed E-state index contributed by atoms with van der Waals surface area (Å²) in [6.45, 7) is 2.36. The average molecular weight is 322 g/mol. The predicted octanol–water partition coefficient (Wildman–Crippen LogP) is 1.98. The summed E-state index contributed by atoms with van der Waals surface area (Å²) in [6, 6.07) is 3.25. The standard InChI is InChI=1S/C17H26N2O4/c1-10-3-6-15(23-10)14(9-22-2)18-17(21)19-16-12-5-4-11(7-12)13(16)8-20/h3,6,11-14,16,20H,4-5,7-9H2,1-2H3,(H2,18,19,21). The lowest BCUT2D eigenvalue weighted by Crippen LogP contribution is -2.50. The fraction of sp³-hybridized carbons (Fsp3) is 0.706. The molecule has 1 aromatic rings. The summed E-state index contributed by atoms with van der Waals surface area (Å²) in [4.78, 5) is 12.4. The van der Waals surface area contributed by atoms with Gasteiger partial charge in [0.2, 0.25) is 0 Å². The highest BCUT2D eigenvalue weighted by molar-refractivity contribution is 5.75. The zero-order valence-corrected chi connectivity index (χ0v) is 13.7. The molecule has 1 heterocycles. The molecule has 5 atom stereocenters. The van der Waals surface area contributed by atoms with Crippen molar-refractivity contribution in [2.75, 3.05) is 20.3 Å². The molecule has 2 saturated carbocycles. The molecule has 23 heavy (non-hydrogen) atoms. The van der Waals surface area contributed by atoms with E-state index in [0.29, 0.717) is 24.2 Å². The average Bonchev–Trinajstić information content (AvgIpc) is 3.22. The third kappa shape index (κ3) is 3.38. The number of hydrogen-bond acceptors (Lipinski definition) is 4. The fourth-order valence-corrected chi connectivity index (χ4v) is 4.25. The normalized spacial score (nSPS) is 30.4. The Morgan fingerprint density at radius 3 is 2.87 bits per heavy atom. The van der Waals surface area contributed by atoms with Crippen molar-refractivity contribution in [3.8, 4) is 0 Å². The van der Waals surface area contributed by atoms with E-state index in [1.165, 1.54) is 6.42 Å². The number of hydrogen-bond donors (Lipinski definition) is 3. The Morgan fingerprint density at radius 1 is 1.43 bits per heavy atom. The molecule has 128 valence electrons. The number of amides is 2. The topological polar surface area (TPSA) is 83.7 Å². The minimum absolute atomic E-state index is 0.0697. The van der Waals surface area contributed by atoms with Crippen LogP contribution >= 0.6 is 0 Å². The quantitative estimate of drug-likeness (QED) is 0.748. The summed E-state index contributed by atoms with van der Waals surface area (Å²) in [6.07, 6.45) is 3.44. The fourth-order valence-electron chi connectivity index (χ4n) is 4.25. The third-order valence-electron chi connectivity index (χ3n) is 5.34. The molecule has 5 unspecified atom stereocenters. The van der Waals surface area contributed by atoms with E-state index in [-0.39, 0.29) is 30.6 Å². The largest absolute Gasteiger partial charge is 0.464 e. The van der Waals surface area contributed by atoms with Crippen molar-refractivity contribution < 1.29 is 19.1 Å². The second-order valence-corrected chi connectivity index (χ2v) is 6.78. The van der Waals surface area contributed by atoms with E-state index < -0.39 is 0 Å². The molecular weight excluding hydrogens is 296 g/mol. The Labute approximate surface area is 136 Å². The molecular formula is C17H26N2O4. The van der Waals surface area contributed by atoms with Crippen LogP contribution in [-0.4, -0.2) is 37.5 Å². The first-order valence-electron chi connectivity index (χ1n) is 8.35. The van der Waals surface area contributed by atoms with Gasteiger partial charge in [-0.3, -0.25) is 0 Å². The Hall–Kier alpha value is -1.53. The number of aliphatic hydroxyl groups is 1. The summed E-state index contributed by atoms with van der Waals surface area (Å²) >= 11 is 0. The van der Waals surface area contributed by atoms with Gasteiger partial charge in [-0.15, -0.1) is 0 Å². The van der Waals surface area contributed by atoms with Crippen molar-refractivity contribution in [2.24, 2.45) is 17.8 Å². The summed E-state index contributed by atoms with van der Waals surface area (Å²) in [5, 5.41) is 15.6. The summed E-state index contributed by atoms with van der Waals surface area (Å²) in [5.74, 6) is 2.72. The van der Waals surface area contributed by atoms with Gasteiger partial charge in [-0.1, -0.05) is 0 Å². The van der Waals surface area contributed by atoms with Crippen LogP contribution in [0.1, 0.15) is 36.8 Å². The molecule has 0 spiro atoms. The van der Waals surface area contributed by atoms with Crippen LogP contribution < -0.4 is 10.6 Å². The third-order valence-corrected chi connectivity index (χ3v) is 5.34. The van der Waals surface area contributed by atoms with Gasteiger partial charge in [-0.05, 0) is 50.2 Å². The number of carbonyl (C=O) groups is 1. The molecule has 3 N–H and O–H groups in total. The summed E-state index contributed by atoms with van der Waals surface area (Å²) < 4.78 is 10.8. The lowest BCUT2D eigenvalue weighted by molar-refractivity contribution is 0.137. The first-order chi connectivity index (χ1) is 11.1. The van der Waals surface area contributed by atoms with Crippen LogP contribution in [0.2, 0.25) is 0 Å². The second kappa shape index (κ2) is 6.93. The van der Waals surface area contributed by atoms with Crippen LogP contribution in [0.25, 0.3) is 0 Å². The molecule has 2 amide bonds. The Kier molecular flexibility index (Phi) is 4.92. The van der Waals surface area contributed by atoms with Crippen molar-refractivity contribution in [3.05, 3.63) is 23.7 Å². The highest BCUT2D eigenvalue weighted by Crippen LogP contribution is 2.48. The van der Waals surface area contributed by atoms with Gasteiger partial charge in [0.05, 0.1) is 6.61 Å². The number of furan rings is 1. The summed E-state index contributed by atoms with van der Waals surface area (Å²) in [5.41, 5.74) is 0.